The number of aromatic nitrogens is 3. The van der Waals surface area contributed by atoms with E-state index in [0.29, 0.717) is 10.2 Å². The van der Waals surface area contributed by atoms with E-state index >= 15 is 0 Å². The summed E-state index contributed by atoms with van der Waals surface area (Å²) in [6.45, 7) is 0. The van der Waals surface area contributed by atoms with Crippen molar-refractivity contribution in [3.05, 3.63) is 41.3 Å². The summed E-state index contributed by atoms with van der Waals surface area (Å²) in [5, 5.41) is 3.76. The minimum atomic E-state index is -0.407. The molecular formula is C12H8ClN5OS. The average Bonchev–Trinajstić information content (AvgIpc) is 2.80. The molecule has 3 rings (SSSR count). The van der Waals surface area contributed by atoms with E-state index in [1.54, 1.807) is 18.2 Å². The van der Waals surface area contributed by atoms with Crippen LogP contribution in [-0.2, 0) is 0 Å². The van der Waals surface area contributed by atoms with E-state index in [0.717, 1.165) is 10.2 Å². The lowest BCUT2D eigenvalue weighted by molar-refractivity contribution is 0.102. The smallest absolute Gasteiger partial charge is 0.277 e. The monoisotopic (exact) mass is 305 g/mol. The number of nitrogens with one attached hydrogen (secondary N) is 1. The van der Waals surface area contributed by atoms with Crippen molar-refractivity contribution in [3.8, 4) is 0 Å². The Bertz CT molecular complexity index is 803. The lowest BCUT2D eigenvalue weighted by Gasteiger charge is -2.00. The van der Waals surface area contributed by atoms with E-state index in [-0.39, 0.29) is 11.5 Å². The number of halogens is 1. The summed E-state index contributed by atoms with van der Waals surface area (Å²) in [6.07, 6.45) is 2.71. The highest BCUT2D eigenvalue weighted by molar-refractivity contribution is 7.22. The fraction of sp³-hybridized carbons (Fsp3) is 0. The normalized spacial score (nSPS) is 10.7. The summed E-state index contributed by atoms with van der Waals surface area (Å²) in [5.74, 6) is -0.219. The number of thiazole rings is 1. The Morgan fingerprint density at radius 3 is 2.95 bits per heavy atom. The van der Waals surface area contributed by atoms with Crippen molar-refractivity contribution in [2.75, 3.05) is 11.1 Å². The number of amides is 1. The fourth-order valence-electron chi connectivity index (χ4n) is 1.60. The van der Waals surface area contributed by atoms with Crippen LogP contribution < -0.4 is 11.1 Å². The van der Waals surface area contributed by atoms with E-state index in [2.05, 4.69) is 20.3 Å². The van der Waals surface area contributed by atoms with Gasteiger partial charge in [0.15, 0.2) is 5.13 Å². The van der Waals surface area contributed by atoms with Crippen molar-refractivity contribution in [2.24, 2.45) is 0 Å². The summed E-state index contributed by atoms with van der Waals surface area (Å²) < 4.78 is 0.895. The van der Waals surface area contributed by atoms with Gasteiger partial charge in [0.1, 0.15) is 11.5 Å². The van der Waals surface area contributed by atoms with Gasteiger partial charge in [0.2, 0.25) is 0 Å². The van der Waals surface area contributed by atoms with Gasteiger partial charge in [0.25, 0.3) is 5.91 Å². The highest BCUT2D eigenvalue weighted by Gasteiger charge is 2.12. The minimum Gasteiger partial charge on any atom is -0.382 e. The summed E-state index contributed by atoms with van der Waals surface area (Å²) >= 11 is 7.24. The number of carbonyl (C=O) groups excluding carboxylic acids is 1. The zero-order valence-corrected chi connectivity index (χ0v) is 11.6. The van der Waals surface area contributed by atoms with Crippen molar-refractivity contribution in [1.29, 1.82) is 0 Å². The first-order valence-corrected chi connectivity index (χ1v) is 6.76. The van der Waals surface area contributed by atoms with Crippen LogP contribution in [0.25, 0.3) is 10.2 Å². The topological polar surface area (TPSA) is 93.8 Å². The number of benzene rings is 1. The molecule has 20 heavy (non-hydrogen) atoms. The number of nitrogens with two attached hydrogens (primary N) is 1. The lowest BCUT2D eigenvalue weighted by Crippen LogP contribution is -2.14. The second kappa shape index (κ2) is 5.03. The Balaban J connectivity index is 1.87. The Morgan fingerprint density at radius 1 is 1.30 bits per heavy atom. The molecule has 8 heteroatoms. The van der Waals surface area contributed by atoms with Gasteiger partial charge < -0.3 is 5.73 Å². The molecule has 0 fully saturated rings. The molecule has 1 aromatic carbocycles. The number of nitrogens with zero attached hydrogens (tertiary/aromatic N) is 3. The van der Waals surface area contributed by atoms with Crippen LogP contribution in [0.5, 0.6) is 0 Å². The van der Waals surface area contributed by atoms with E-state index in [9.17, 15) is 4.79 Å². The number of hydrogen-bond acceptors (Lipinski definition) is 6. The van der Waals surface area contributed by atoms with Gasteiger partial charge in [-0.05, 0) is 18.2 Å². The highest BCUT2D eigenvalue weighted by Crippen LogP contribution is 2.28. The molecule has 0 bridgehead atoms. The van der Waals surface area contributed by atoms with Crippen LogP contribution in [0.15, 0.2) is 30.6 Å². The molecule has 0 saturated carbocycles. The molecule has 0 aliphatic rings. The molecule has 0 aliphatic heterocycles. The maximum absolute atomic E-state index is 12.0. The van der Waals surface area contributed by atoms with Crippen molar-refractivity contribution >= 4 is 50.0 Å². The molecule has 0 unspecified atom stereocenters. The zero-order chi connectivity index (χ0) is 14.1. The van der Waals surface area contributed by atoms with Crippen molar-refractivity contribution in [2.45, 2.75) is 0 Å². The van der Waals surface area contributed by atoms with Gasteiger partial charge in [0, 0.05) is 5.02 Å². The Morgan fingerprint density at radius 2 is 2.15 bits per heavy atom. The van der Waals surface area contributed by atoms with Gasteiger partial charge >= 0.3 is 0 Å². The number of rotatable bonds is 2. The maximum Gasteiger partial charge on any atom is 0.277 e. The van der Waals surface area contributed by atoms with E-state index in [4.69, 9.17) is 17.3 Å². The first-order chi connectivity index (χ1) is 9.61. The molecule has 6 nitrogen and oxygen atoms in total. The first kappa shape index (κ1) is 12.8. The third-order valence-electron chi connectivity index (χ3n) is 2.46. The van der Waals surface area contributed by atoms with Crippen LogP contribution in [-0.4, -0.2) is 20.9 Å². The van der Waals surface area contributed by atoms with E-state index in [1.165, 1.54) is 23.7 Å². The Kier molecular flexibility index (Phi) is 3.21. The van der Waals surface area contributed by atoms with Gasteiger partial charge in [-0.3, -0.25) is 15.1 Å². The summed E-state index contributed by atoms with van der Waals surface area (Å²) in [6, 6.07) is 5.34. The lowest BCUT2D eigenvalue weighted by atomic mass is 10.3. The molecular weight excluding hydrogens is 298 g/mol. The van der Waals surface area contributed by atoms with Crippen molar-refractivity contribution < 1.29 is 4.79 Å². The number of fused-ring (bicyclic) bond motifs is 1. The van der Waals surface area contributed by atoms with Crippen molar-refractivity contribution in [3.63, 3.8) is 0 Å². The molecule has 2 aromatic heterocycles. The highest BCUT2D eigenvalue weighted by atomic mass is 35.5. The minimum absolute atomic E-state index is 0.141. The van der Waals surface area contributed by atoms with Crippen LogP contribution in [0.3, 0.4) is 0 Å². The van der Waals surface area contributed by atoms with Gasteiger partial charge in [-0.1, -0.05) is 22.9 Å². The molecule has 0 radical (unpaired) electrons. The number of nitrogen functional groups attached to an aromatic ring is 1. The first-order valence-electron chi connectivity index (χ1n) is 5.57. The SMILES string of the molecule is Nc1cncc(C(=O)Nc2nc3ccc(Cl)cc3s2)n1. The molecule has 0 aliphatic carbocycles. The molecule has 3 aromatic rings. The molecule has 0 atom stereocenters. The molecule has 100 valence electrons. The summed E-state index contributed by atoms with van der Waals surface area (Å²) in [7, 11) is 0. The Hall–Kier alpha value is -2.25. The largest absolute Gasteiger partial charge is 0.382 e. The van der Waals surface area contributed by atoms with Crippen LogP contribution in [0, 0.1) is 0 Å². The van der Waals surface area contributed by atoms with E-state index < -0.39 is 5.91 Å². The van der Waals surface area contributed by atoms with Crippen LogP contribution in [0.2, 0.25) is 5.02 Å². The van der Waals surface area contributed by atoms with Gasteiger partial charge in [-0.15, -0.1) is 0 Å². The van der Waals surface area contributed by atoms with Crippen LogP contribution in [0.4, 0.5) is 10.9 Å². The van der Waals surface area contributed by atoms with Gasteiger partial charge in [-0.2, -0.15) is 0 Å². The quantitative estimate of drug-likeness (QED) is 0.759. The molecule has 0 spiro atoms. The Labute approximate surface area is 122 Å². The average molecular weight is 306 g/mol. The summed E-state index contributed by atoms with van der Waals surface area (Å²) in [5.41, 5.74) is 6.40. The third kappa shape index (κ3) is 2.54. The predicted octanol–water partition coefficient (Wildman–Crippen LogP) is 2.57. The van der Waals surface area contributed by atoms with E-state index in [1.807, 2.05) is 0 Å². The van der Waals surface area contributed by atoms with Gasteiger partial charge in [0.05, 0.1) is 22.6 Å². The summed E-state index contributed by atoms with van der Waals surface area (Å²) in [4.78, 5) is 24.0. The second-order valence-electron chi connectivity index (χ2n) is 3.91. The standard InChI is InChI=1S/C12H8ClN5OS/c13-6-1-2-7-9(3-6)20-12(17-7)18-11(19)8-4-15-5-10(14)16-8/h1-5H,(H2,14,16)(H,17,18,19). The fourth-order valence-corrected chi connectivity index (χ4v) is 2.74. The number of hydrogen-bond donors (Lipinski definition) is 2. The second-order valence-corrected chi connectivity index (χ2v) is 5.38. The molecule has 1 amide bonds. The zero-order valence-electron chi connectivity index (χ0n) is 10.0. The molecule has 2 heterocycles. The van der Waals surface area contributed by atoms with Crippen molar-refractivity contribution in [1.82, 2.24) is 15.0 Å². The number of carbonyl (C=O) groups is 1. The van der Waals surface area contributed by atoms with Crippen LogP contribution >= 0.6 is 22.9 Å². The third-order valence-corrected chi connectivity index (χ3v) is 3.63. The number of anilines is 2. The molecule has 3 N–H and O–H groups in total. The van der Waals surface area contributed by atoms with Crippen LogP contribution in [0.1, 0.15) is 10.5 Å². The van der Waals surface area contributed by atoms with Gasteiger partial charge in [-0.25, -0.2) is 9.97 Å². The maximum atomic E-state index is 12.0. The molecule has 0 saturated heterocycles. The predicted molar refractivity (Wildman–Crippen MR) is 79.0 cm³/mol.